The van der Waals surface area contributed by atoms with Gasteiger partial charge in [0, 0.05) is 5.92 Å². The molecule has 6 atom stereocenters. The molecule has 0 bridgehead atoms. The van der Waals surface area contributed by atoms with Crippen LogP contribution in [0.2, 0.25) is 0 Å². The van der Waals surface area contributed by atoms with E-state index in [-0.39, 0.29) is 35.4 Å². The molecule has 4 nitrogen and oxygen atoms in total. The highest BCUT2D eigenvalue weighted by Gasteiger charge is 2.42. The van der Waals surface area contributed by atoms with Crippen LogP contribution in [0.4, 0.5) is 0 Å². The van der Waals surface area contributed by atoms with Gasteiger partial charge in [-0.15, -0.1) is 0 Å². The second kappa shape index (κ2) is 6.08. The summed E-state index contributed by atoms with van der Waals surface area (Å²) in [5.74, 6) is 0.528. The van der Waals surface area contributed by atoms with Crippen molar-refractivity contribution in [1.29, 1.82) is 0 Å². The SMILES string of the molecule is CC1(C)CCC(O)C1O.CC1C(C)C(O)C(C)C1O. The average Bonchev–Trinajstić information content (AvgIpc) is 2.69. The highest BCUT2D eigenvalue weighted by atomic mass is 16.3. The van der Waals surface area contributed by atoms with Crippen LogP contribution in [-0.2, 0) is 0 Å². The summed E-state index contributed by atoms with van der Waals surface area (Å²) < 4.78 is 0. The number of aliphatic hydroxyl groups excluding tert-OH is 4. The molecule has 0 radical (unpaired) electrons. The summed E-state index contributed by atoms with van der Waals surface area (Å²) in [6.45, 7) is 9.83. The Morgan fingerprint density at radius 1 is 0.789 bits per heavy atom. The molecule has 0 spiro atoms. The standard InChI is InChI=1S/C8H16O2.C7H14O2/c1-4-5(2)8(10)6(3)7(4)9;1-7(2)4-3-5(8)6(7)9/h4-10H,1-3H3;5-6,8-9H,3-4H2,1-2H3. The summed E-state index contributed by atoms with van der Waals surface area (Å²) in [6.07, 6.45) is 0.0382. The summed E-state index contributed by atoms with van der Waals surface area (Å²) in [5, 5.41) is 37.3. The van der Waals surface area contributed by atoms with Crippen LogP contribution in [0.1, 0.15) is 47.5 Å². The van der Waals surface area contributed by atoms with Crippen molar-refractivity contribution in [1.82, 2.24) is 0 Å². The topological polar surface area (TPSA) is 80.9 Å². The van der Waals surface area contributed by atoms with Gasteiger partial charge in [-0.3, -0.25) is 0 Å². The second-order valence-electron chi connectivity index (χ2n) is 7.10. The van der Waals surface area contributed by atoms with Crippen LogP contribution < -0.4 is 0 Å². The smallest absolute Gasteiger partial charge is 0.0849 e. The first-order chi connectivity index (χ1) is 8.59. The molecule has 2 saturated carbocycles. The van der Waals surface area contributed by atoms with Gasteiger partial charge in [-0.2, -0.15) is 0 Å². The lowest BCUT2D eigenvalue weighted by molar-refractivity contribution is -0.00692. The summed E-state index contributed by atoms with van der Waals surface area (Å²) in [5.41, 5.74) is -0.0700. The van der Waals surface area contributed by atoms with Crippen molar-refractivity contribution in [3.63, 3.8) is 0 Å². The Hall–Kier alpha value is -0.160. The van der Waals surface area contributed by atoms with Crippen molar-refractivity contribution in [2.45, 2.75) is 71.9 Å². The Balaban J connectivity index is 0.000000191. The normalized spacial score (nSPS) is 48.8. The maximum absolute atomic E-state index is 9.45. The Kier molecular flexibility index (Phi) is 5.41. The molecule has 4 N–H and O–H groups in total. The molecule has 6 unspecified atom stereocenters. The molecule has 4 heteroatoms. The predicted octanol–water partition coefficient (Wildman–Crippen LogP) is 1.16. The highest BCUT2D eigenvalue weighted by Crippen LogP contribution is 2.37. The third-order valence-corrected chi connectivity index (χ3v) is 5.23. The van der Waals surface area contributed by atoms with Gasteiger partial charge in [0.25, 0.3) is 0 Å². The van der Waals surface area contributed by atoms with Crippen LogP contribution >= 0.6 is 0 Å². The van der Waals surface area contributed by atoms with Gasteiger partial charge in [-0.25, -0.2) is 0 Å². The minimum absolute atomic E-state index is 0.0463. The zero-order chi connectivity index (χ0) is 15.0. The highest BCUT2D eigenvalue weighted by molar-refractivity contribution is 4.91. The molecule has 2 aliphatic rings. The quantitative estimate of drug-likeness (QED) is 0.534. The van der Waals surface area contributed by atoms with Crippen LogP contribution in [0.3, 0.4) is 0 Å². The lowest BCUT2D eigenvalue weighted by Crippen LogP contribution is -2.30. The molecule has 0 heterocycles. The van der Waals surface area contributed by atoms with Gasteiger partial charge < -0.3 is 20.4 Å². The van der Waals surface area contributed by atoms with Crippen molar-refractivity contribution >= 4 is 0 Å². The number of aliphatic hydroxyl groups is 4. The van der Waals surface area contributed by atoms with Crippen molar-refractivity contribution in [2.75, 3.05) is 0 Å². The molecule has 0 amide bonds. The van der Waals surface area contributed by atoms with Gasteiger partial charge in [0.15, 0.2) is 0 Å². The van der Waals surface area contributed by atoms with Crippen molar-refractivity contribution in [2.24, 2.45) is 23.2 Å². The van der Waals surface area contributed by atoms with Gasteiger partial charge in [0.2, 0.25) is 0 Å². The molecule has 0 aromatic heterocycles. The van der Waals surface area contributed by atoms with Crippen LogP contribution in [0.25, 0.3) is 0 Å². The summed E-state index contributed by atoms with van der Waals surface area (Å²) >= 11 is 0. The fraction of sp³-hybridized carbons (Fsp3) is 1.00. The number of hydrogen-bond acceptors (Lipinski definition) is 4. The van der Waals surface area contributed by atoms with Gasteiger partial charge in [0.05, 0.1) is 24.4 Å². The molecule has 2 fully saturated rings. The van der Waals surface area contributed by atoms with Gasteiger partial charge in [0.1, 0.15) is 0 Å². The van der Waals surface area contributed by atoms with E-state index in [4.69, 9.17) is 5.11 Å². The van der Waals surface area contributed by atoms with E-state index in [0.29, 0.717) is 0 Å². The van der Waals surface area contributed by atoms with Crippen molar-refractivity contribution < 1.29 is 20.4 Å². The van der Waals surface area contributed by atoms with E-state index in [1.165, 1.54) is 0 Å². The summed E-state index contributed by atoms with van der Waals surface area (Å²) in [4.78, 5) is 0. The zero-order valence-corrected chi connectivity index (χ0v) is 12.7. The van der Waals surface area contributed by atoms with Crippen molar-refractivity contribution in [3.8, 4) is 0 Å². The van der Waals surface area contributed by atoms with Crippen LogP contribution in [0.5, 0.6) is 0 Å². The fourth-order valence-electron chi connectivity index (χ4n) is 3.13. The third-order valence-electron chi connectivity index (χ3n) is 5.23. The summed E-state index contributed by atoms with van der Waals surface area (Å²) in [6, 6.07) is 0. The number of hydrogen-bond donors (Lipinski definition) is 4. The molecular formula is C15H30O4. The van der Waals surface area contributed by atoms with E-state index < -0.39 is 12.2 Å². The molecule has 0 aliphatic heterocycles. The van der Waals surface area contributed by atoms with E-state index in [2.05, 4.69) is 0 Å². The Bertz CT molecular complexity index is 247. The van der Waals surface area contributed by atoms with Gasteiger partial charge in [-0.05, 0) is 30.1 Å². The summed E-state index contributed by atoms with van der Waals surface area (Å²) in [7, 11) is 0. The van der Waals surface area contributed by atoms with E-state index in [0.717, 1.165) is 12.8 Å². The van der Waals surface area contributed by atoms with Gasteiger partial charge >= 0.3 is 0 Å². The van der Waals surface area contributed by atoms with E-state index in [9.17, 15) is 15.3 Å². The molecule has 114 valence electrons. The maximum Gasteiger partial charge on any atom is 0.0849 e. The second-order valence-corrected chi connectivity index (χ2v) is 7.10. The number of rotatable bonds is 0. The molecule has 2 aliphatic carbocycles. The minimum atomic E-state index is -0.516. The molecule has 0 aromatic rings. The van der Waals surface area contributed by atoms with Crippen LogP contribution in [0.15, 0.2) is 0 Å². The monoisotopic (exact) mass is 274 g/mol. The first kappa shape index (κ1) is 16.9. The first-order valence-corrected chi connectivity index (χ1v) is 7.32. The largest absolute Gasteiger partial charge is 0.392 e. The Morgan fingerprint density at radius 2 is 1.21 bits per heavy atom. The Labute approximate surface area is 116 Å². The van der Waals surface area contributed by atoms with E-state index >= 15 is 0 Å². The molecule has 19 heavy (non-hydrogen) atoms. The van der Waals surface area contributed by atoms with Crippen LogP contribution in [-0.4, -0.2) is 44.8 Å². The van der Waals surface area contributed by atoms with Crippen molar-refractivity contribution in [3.05, 3.63) is 0 Å². The van der Waals surface area contributed by atoms with Crippen LogP contribution in [0, 0.1) is 23.2 Å². The molecule has 2 rings (SSSR count). The molecule has 0 aromatic carbocycles. The average molecular weight is 274 g/mol. The van der Waals surface area contributed by atoms with E-state index in [1.807, 2.05) is 34.6 Å². The molecular weight excluding hydrogens is 244 g/mol. The lowest BCUT2D eigenvalue weighted by Gasteiger charge is -2.22. The van der Waals surface area contributed by atoms with E-state index in [1.54, 1.807) is 0 Å². The first-order valence-electron chi connectivity index (χ1n) is 7.32. The third kappa shape index (κ3) is 3.48. The maximum atomic E-state index is 9.45. The lowest BCUT2D eigenvalue weighted by atomic mass is 9.89. The molecule has 0 saturated heterocycles. The fourth-order valence-corrected chi connectivity index (χ4v) is 3.13. The predicted molar refractivity (Wildman–Crippen MR) is 74.5 cm³/mol. The Morgan fingerprint density at radius 3 is 1.32 bits per heavy atom. The minimum Gasteiger partial charge on any atom is -0.392 e. The zero-order valence-electron chi connectivity index (χ0n) is 12.7. The van der Waals surface area contributed by atoms with Gasteiger partial charge in [-0.1, -0.05) is 34.6 Å².